The van der Waals surface area contributed by atoms with E-state index in [0.717, 1.165) is 18.4 Å². The van der Waals surface area contributed by atoms with Gasteiger partial charge in [0, 0.05) is 25.2 Å². The number of carbonyl (C=O) groups excluding carboxylic acids is 1. The van der Waals surface area contributed by atoms with Crippen LogP contribution in [0.5, 0.6) is 5.75 Å². The first-order valence-electron chi connectivity index (χ1n) is 8.04. The van der Waals surface area contributed by atoms with Crippen molar-refractivity contribution in [2.75, 3.05) is 20.3 Å². The molecule has 0 spiro atoms. The number of rotatable bonds is 6. The van der Waals surface area contributed by atoms with Gasteiger partial charge >= 0.3 is 6.03 Å². The first-order valence-corrected chi connectivity index (χ1v) is 8.04. The largest absolute Gasteiger partial charge is 0.491 e. The lowest BCUT2D eigenvalue weighted by Crippen LogP contribution is -2.44. The second-order valence-electron chi connectivity index (χ2n) is 5.74. The van der Waals surface area contributed by atoms with Gasteiger partial charge in [0.2, 0.25) is 0 Å². The Morgan fingerprint density at radius 2 is 2.05 bits per heavy atom. The number of carbonyl (C=O) groups is 1. The Balaban J connectivity index is 1.87. The topological polar surface area (TPSA) is 61.8 Å². The fourth-order valence-corrected chi connectivity index (χ4v) is 2.88. The van der Waals surface area contributed by atoms with Gasteiger partial charge in [0.1, 0.15) is 12.4 Å². The van der Waals surface area contributed by atoms with Gasteiger partial charge in [0.05, 0.1) is 6.61 Å². The summed E-state index contributed by atoms with van der Waals surface area (Å²) < 4.78 is 5.48. The summed E-state index contributed by atoms with van der Waals surface area (Å²) in [6.45, 7) is 0.662. The zero-order valence-electron chi connectivity index (χ0n) is 13.3. The molecular weight excluding hydrogens is 280 g/mol. The van der Waals surface area contributed by atoms with Crippen molar-refractivity contribution in [3.8, 4) is 5.75 Å². The molecule has 0 heterocycles. The van der Waals surface area contributed by atoms with Crippen LogP contribution in [0.15, 0.2) is 24.3 Å². The molecular formula is C17H26N2O3. The minimum absolute atomic E-state index is 0.0227. The molecule has 0 saturated heterocycles. The van der Waals surface area contributed by atoms with E-state index in [-0.39, 0.29) is 19.2 Å². The van der Waals surface area contributed by atoms with E-state index < -0.39 is 0 Å². The fraction of sp³-hybridized carbons (Fsp3) is 0.588. The maximum Gasteiger partial charge on any atom is 0.317 e. The molecule has 2 N–H and O–H groups in total. The van der Waals surface area contributed by atoms with E-state index in [1.807, 2.05) is 36.2 Å². The van der Waals surface area contributed by atoms with Crippen LogP contribution in [0, 0.1) is 0 Å². The smallest absolute Gasteiger partial charge is 0.317 e. The van der Waals surface area contributed by atoms with E-state index in [9.17, 15) is 4.79 Å². The Kier molecular flexibility index (Phi) is 6.52. The number of para-hydroxylation sites is 1. The molecule has 5 nitrogen and oxygen atoms in total. The average Bonchev–Trinajstić information content (AvgIpc) is 2.58. The highest BCUT2D eigenvalue weighted by atomic mass is 16.5. The number of aliphatic hydroxyl groups is 1. The Morgan fingerprint density at radius 3 is 2.77 bits per heavy atom. The molecule has 2 amide bonds. The van der Waals surface area contributed by atoms with E-state index in [1.54, 1.807) is 0 Å². The van der Waals surface area contributed by atoms with Crippen molar-refractivity contribution in [1.29, 1.82) is 0 Å². The SMILES string of the molecule is CN(C(=O)NCc1ccccc1OCCO)C1CCCCC1. The van der Waals surface area contributed by atoms with E-state index in [2.05, 4.69) is 5.32 Å². The molecule has 0 bridgehead atoms. The van der Waals surface area contributed by atoms with Gasteiger partial charge in [-0.15, -0.1) is 0 Å². The van der Waals surface area contributed by atoms with Gasteiger partial charge < -0.3 is 20.1 Å². The molecule has 5 heteroatoms. The minimum atomic E-state index is -0.0381. The summed E-state index contributed by atoms with van der Waals surface area (Å²) in [5.74, 6) is 0.706. The fourth-order valence-electron chi connectivity index (χ4n) is 2.88. The van der Waals surface area contributed by atoms with Crippen molar-refractivity contribution in [3.05, 3.63) is 29.8 Å². The molecule has 1 fully saturated rings. The van der Waals surface area contributed by atoms with Crippen LogP contribution in [-0.4, -0.2) is 42.3 Å². The highest BCUT2D eigenvalue weighted by molar-refractivity contribution is 5.74. The maximum absolute atomic E-state index is 12.3. The van der Waals surface area contributed by atoms with Crippen LogP contribution in [-0.2, 0) is 6.54 Å². The number of hydrogen-bond acceptors (Lipinski definition) is 3. The molecule has 1 aromatic rings. The number of aliphatic hydroxyl groups excluding tert-OH is 1. The predicted molar refractivity (Wildman–Crippen MR) is 85.9 cm³/mol. The second kappa shape index (κ2) is 8.63. The van der Waals surface area contributed by atoms with Crippen molar-refractivity contribution in [2.45, 2.75) is 44.7 Å². The quantitative estimate of drug-likeness (QED) is 0.849. The molecule has 22 heavy (non-hydrogen) atoms. The van der Waals surface area contributed by atoms with Crippen LogP contribution in [0.25, 0.3) is 0 Å². The van der Waals surface area contributed by atoms with Gasteiger partial charge in [-0.25, -0.2) is 4.79 Å². The molecule has 0 unspecified atom stereocenters. The zero-order valence-corrected chi connectivity index (χ0v) is 13.3. The van der Waals surface area contributed by atoms with E-state index in [0.29, 0.717) is 18.3 Å². The number of nitrogens with one attached hydrogen (secondary N) is 1. The Bertz CT molecular complexity index is 473. The molecule has 1 aliphatic carbocycles. The first-order chi connectivity index (χ1) is 10.7. The number of amides is 2. The van der Waals surface area contributed by atoms with Crippen LogP contribution >= 0.6 is 0 Å². The van der Waals surface area contributed by atoms with Crippen LogP contribution in [0.3, 0.4) is 0 Å². The molecule has 1 aliphatic rings. The van der Waals surface area contributed by atoms with Crippen molar-refractivity contribution in [2.24, 2.45) is 0 Å². The normalized spacial score (nSPS) is 15.4. The third-order valence-corrected chi connectivity index (χ3v) is 4.19. The van der Waals surface area contributed by atoms with E-state index in [4.69, 9.17) is 9.84 Å². The summed E-state index contributed by atoms with van der Waals surface area (Å²) in [6, 6.07) is 7.89. The summed E-state index contributed by atoms with van der Waals surface area (Å²) in [5.41, 5.74) is 0.918. The van der Waals surface area contributed by atoms with Crippen LogP contribution in [0.1, 0.15) is 37.7 Å². The maximum atomic E-state index is 12.3. The molecule has 2 rings (SSSR count). The highest BCUT2D eigenvalue weighted by Gasteiger charge is 2.21. The second-order valence-corrected chi connectivity index (χ2v) is 5.74. The third kappa shape index (κ3) is 4.63. The number of benzene rings is 1. The molecule has 0 aliphatic heterocycles. The van der Waals surface area contributed by atoms with Gasteiger partial charge in [-0.05, 0) is 18.9 Å². The Morgan fingerprint density at radius 1 is 1.32 bits per heavy atom. The predicted octanol–water partition coefficient (Wildman–Crippen LogP) is 2.53. The van der Waals surface area contributed by atoms with E-state index in [1.165, 1.54) is 19.3 Å². The van der Waals surface area contributed by atoms with Crippen LogP contribution in [0.2, 0.25) is 0 Å². The van der Waals surface area contributed by atoms with Gasteiger partial charge in [0.25, 0.3) is 0 Å². The van der Waals surface area contributed by atoms with Gasteiger partial charge in [0.15, 0.2) is 0 Å². The van der Waals surface area contributed by atoms with Gasteiger partial charge in [-0.2, -0.15) is 0 Å². The Labute approximate surface area is 132 Å². The third-order valence-electron chi connectivity index (χ3n) is 4.19. The highest BCUT2D eigenvalue weighted by Crippen LogP contribution is 2.22. The van der Waals surface area contributed by atoms with Crippen molar-refractivity contribution >= 4 is 6.03 Å². The first kappa shape index (κ1) is 16.6. The molecule has 0 aromatic heterocycles. The number of nitrogens with zero attached hydrogens (tertiary/aromatic N) is 1. The van der Waals surface area contributed by atoms with Crippen LogP contribution in [0.4, 0.5) is 4.79 Å². The van der Waals surface area contributed by atoms with Crippen molar-refractivity contribution in [3.63, 3.8) is 0 Å². The lowest BCUT2D eigenvalue weighted by atomic mass is 9.95. The monoisotopic (exact) mass is 306 g/mol. The average molecular weight is 306 g/mol. The lowest BCUT2D eigenvalue weighted by molar-refractivity contribution is 0.173. The van der Waals surface area contributed by atoms with Gasteiger partial charge in [-0.3, -0.25) is 0 Å². The summed E-state index contributed by atoms with van der Waals surface area (Å²) in [7, 11) is 1.87. The standard InChI is InChI=1S/C17H26N2O3/c1-19(15-8-3-2-4-9-15)17(21)18-13-14-7-5-6-10-16(14)22-12-11-20/h5-7,10,15,20H,2-4,8-9,11-13H2,1H3,(H,18,21). The summed E-state index contributed by atoms with van der Waals surface area (Å²) in [5, 5.41) is 11.8. The molecule has 1 aromatic carbocycles. The molecule has 1 saturated carbocycles. The summed E-state index contributed by atoms with van der Waals surface area (Å²) >= 11 is 0. The molecule has 0 atom stereocenters. The number of ether oxygens (including phenoxy) is 1. The van der Waals surface area contributed by atoms with Crippen molar-refractivity contribution < 1.29 is 14.6 Å². The Hall–Kier alpha value is -1.75. The van der Waals surface area contributed by atoms with Crippen LogP contribution < -0.4 is 10.1 Å². The summed E-state index contributed by atoms with van der Waals surface area (Å²) in [4.78, 5) is 14.1. The lowest BCUT2D eigenvalue weighted by Gasteiger charge is -2.31. The minimum Gasteiger partial charge on any atom is -0.491 e. The molecule has 122 valence electrons. The zero-order chi connectivity index (χ0) is 15.8. The number of hydrogen-bond donors (Lipinski definition) is 2. The van der Waals surface area contributed by atoms with Gasteiger partial charge in [-0.1, -0.05) is 37.5 Å². The van der Waals surface area contributed by atoms with Crippen molar-refractivity contribution in [1.82, 2.24) is 10.2 Å². The molecule has 0 radical (unpaired) electrons. The van der Waals surface area contributed by atoms with E-state index >= 15 is 0 Å². The summed E-state index contributed by atoms with van der Waals surface area (Å²) in [6.07, 6.45) is 5.89. The number of urea groups is 1.